The fourth-order valence-electron chi connectivity index (χ4n) is 5.07. The van der Waals surface area contributed by atoms with Crippen molar-refractivity contribution < 1.29 is 19.0 Å². The van der Waals surface area contributed by atoms with E-state index < -0.39 is 6.04 Å². The van der Waals surface area contributed by atoms with Crippen molar-refractivity contribution in [2.75, 3.05) is 29.6 Å². The number of hydrogen-bond donors (Lipinski definition) is 2. The molecule has 5 rings (SSSR count). The van der Waals surface area contributed by atoms with Gasteiger partial charge < -0.3 is 24.8 Å². The molecule has 0 saturated heterocycles. The summed E-state index contributed by atoms with van der Waals surface area (Å²) in [6.07, 6.45) is 0.997. The van der Waals surface area contributed by atoms with Crippen LogP contribution in [0.1, 0.15) is 56.8 Å². The summed E-state index contributed by atoms with van der Waals surface area (Å²) in [7, 11) is 0. The molecule has 4 aromatic rings. The highest BCUT2D eigenvalue weighted by atomic mass is 32.2. The Morgan fingerprint density at radius 3 is 2.50 bits per heavy atom. The fourth-order valence-corrected chi connectivity index (χ4v) is 5.76. The maximum absolute atomic E-state index is 14.1. The van der Waals surface area contributed by atoms with Crippen LogP contribution in [0.25, 0.3) is 0 Å². The van der Waals surface area contributed by atoms with E-state index in [1.165, 1.54) is 5.56 Å². The van der Waals surface area contributed by atoms with Gasteiger partial charge in [-0.05, 0) is 69.5 Å². The molecule has 3 aromatic carbocycles. The number of hydrogen-bond acceptors (Lipinski definition) is 8. The number of carbonyl (C=O) groups is 1. The zero-order valence-corrected chi connectivity index (χ0v) is 26.7. The summed E-state index contributed by atoms with van der Waals surface area (Å²) in [5.41, 5.74) is 4.86. The Labute approximate surface area is 263 Å². The molecule has 230 valence electrons. The summed E-state index contributed by atoms with van der Waals surface area (Å²) in [5.74, 6) is 3.03. The topological polar surface area (TPSA) is 99.5 Å². The maximum atomic E-state index is 14.1. The highest BCUT2D eigenvalue weighted by molar-refractivity contribution is 7.99. The first-order chi connectivity index (χ1) is 21.4. The van der Waals surface area contributed by atoms with Gasteiger partial charge in [0.15, 0.2) is 11.5 Å². The number of amides is 1. The number of carbonyl (C=O) groups excluding carboxylic acids is 1. The molecule has 0 fully saturated rings. The van der Waals surface area contributed by atoms with Crippen LogP contribution in [0.5, 0.6) is 17.2 Å². The second kappa shape index (κ2) is 14.4. The third kappa shape index (κ3) is 7.02. The summed E-state index contributed by atoms with van der Waals surface area (Å²) >= 11 is 1.59. The van der Waals surface area contributed by atoms with Crippen LogP contribution >= 0.6 is 11.8 Å². The number of anilines is 2. The standard InChI is InChI=1S/C34H39N5O4S/c1-6-18-44-34-37-33-35-23(5)30(32(40)36-26-14-9-10-15-27(26)41-7-2)31(39(33)38-34)25-16-17-28(29(20-25)42-8-3)43-21-24-13-11-12-22(4)19-24/h9-17,19-20,31H,6-8,18,21H2,1-5H3,(H,36,40)(H,35,37,38). The van der Waals surface area contributed by atoms with Crippen LogP contribution in [0.15, 0.2) is 83.2 Å². The van der Waals surface area contributed by atoms with E-state index in [4.69, 9.17) is 24.3 Å². The lowest BCUT2D eigenvalue weighted by Gasteiger charge is -2.29. The van der Waals surface area contributed by atoms with Gasteiger partial charge in [-0.1, -0.05) is 66.7 Å². The van der Waals surface area contributed by atoms with E-state index in [1.54, 1.807) is 16.4 Å². The average molecular weight is 614 g/mol. The van der Waals surface area contributed by atoms with Crippen LogP contribution < -0.4 is 24.8 Å². The van der Waals surface area contributed by atoms with E-state index in [0.717, 1.165) is 23.3 Å². The number of fused-ring (bicyclic) bond motifs is 1. The Bertz CT molecular complexity index is 1650. The summed E-state index contributed by atoms with van der Waals surface area (Å²) in [4.78, 5) is 18.8. The van der Waals surface area contributed by atoms with Crippen molar-refractivity contribution in [3.63, 3.8) is 0 Å². The van der Waals surface area contributed by atoms with E-state index in [1.807, 2.05) is 75.4 Å². The van der Waals surface area contributed by atoms with Crippen molar-refractivity contribution >= 4 is 29.3 Å². The number of rotatable bonds is 13. The number of nitrogens with zero attached hydrogens (tertiary/aromatic N) is 3. The van der Waals surface area contributed by atoms with Crippen LogP contribution in [-0.4, -0.2) is 39.6 Å². The average Bonchev–Trinajstić information content (AvgIpc) is 3.42. The number of nitrogens with one attached hydrogen (secondary N) is 2. The van der Waals surface area contributed by atoms with Crippen molar-refractivity contribution in [3.05, 3.63) is 94.7 Å². The first-order valence-corrected chi connectivity index (χ1v) is 16.0. The van der Waals surface area contributed by atoms with Gasteiger partial charge in [0.1, 0.15) is 18.4 Å². The number of aryl methyl sites for hydroxylation is 1. The summed E-state index contributed by atoms with van der Waals surface area (Å²) in [6.45, 7) is 11.3. The van der Waals surface area contributed by atoms with E-state index in [2.05, 4.69) is 36.6 Å². The van der Waals surface area contributed by atoms with Crippen molar-refractivity contribution in [2.24, 2.45) is 0 Å². The van der Waals surface area contributed by atoms with Crippen LogP contribution in [-0.2, 0) is 11.4 Å². The Balaban J connectivity index is 1.53. The predicted molar refractivity (Wildman–Crippen MR) is 175 cm³/mol. The fraction of sp³-hybridized carbons (Fsp3) is 0.324. The van der Waals surface area contributed by atoms with Crippen LogP contribution in [0.4, 0.5) is 11.6 Å². The van der Waals surface area contributed by atoms with Crippen LogP contribution in [0.3, 0.4) is 0 Å². The summed E-state index contributed by atoms with van der Waals surface area (Å²) < 4.78 is 19.8. The zero-order valence-electron chi connectivity index (χ0n) is 25.8. The molecule has 1 amide bonds. The number of aromatic nitrogens is 3. The van der Waals surface area contributed by atoms with Crippen molar-refractivity contribution in [2.45, 2.75) is 58.8 Å². The molecule has 44 heavy (non-hydrogen) atoms. The molecule has 0 spiro atoms. The highest BCUT2D eigenvalue weighted by Crippen LogP contribution is 2.40. The largest absolute Gasteiger partial charge is 0.492 e. The molecule has 0 aliphatic carbocycles. The monoisotopic (exact) mass is 613 g/mol. The molecule has 1 atom stereocenters. The Kier molecular flexibility index (Phi) is 10.1. The van der Waals surface area contributed by atoms with Gasteiger partial charge in [-0.3, -0.25) is 4.79 Å². The normalized spacial score (nSPS) is 14.1. The zero-order chi connectivity index (χ0) is 31.1. The first-order valence-electron chi connectivity index (χ1n) is 15.0. The van der Waals surface area contributed by atoms with Crippen LogP contribution in [0.2, 0.25) is 0 Å². The summed E-state index contributed by atoms with van der Waals surface area (Å²) in [6, 6.07) is 20.9. The molecule has 0 saturated carbocycles. The van der Waals surface area contributed by atoms with Gasteiger partial charge in [-0.25, -0.2) is 4.68 Å². The third-order valence-electron chi connectivity index (χ3n) is 7.01. The lowest BCUT2D eigenvalue weighted by molar-refractivity contribution is -0.113. The Morgan fingerprint density at radius 1 is 0.932 bits per heavy atom. The quantitative estimate of drug-likeness (QED) is 0.151. The van der Waals surface area contributed by atoms with E-state index in [9.17, 15) is 4.79 Å². The van der Waals surface area contributed by atoms with Gasteiger partial charge in [0.25, 0.3) is 5.91 Å². The molecule has 0 radical (unpaired) electrons. The molecular formula is C34H39N5O4S. The van der Waals surface area contributed by atoms with Crippen molar-refractivity contribution in [1.82, 2.24) is 14.8 Å². The number of ether oxygens (including phenoxy) is 3. The first kappa shape index (κ1) is 31.0. The van der Waals surface area contributed by atoms with Gasteiger partial charge in [0, 0.05) is 11.4 Å². The molecule has 1 unspecified atom stereocenters. The van der Waals surface area contributed by atoms with Gasteiger partial charge in [0.05, 0.1) is 24.5 Å². The molecule has 10 heteroatoms. The second-order valence-corrected chi connectivity index (χ2v) is 11.4. The smallest absolute Gasteiger partial charge is 0.255 e. The van der Waals surface area contributed by atoms with E-state index >= 15 is 0 Å². The maximum Gasteiger partial charge on any atom is 0.255 e. The lowest BCUT2D eigenvalue weighted by atomic mass is 9.94. The predicted octanol–water partition coefficient (Wildman–Crippen LogP) is 7.39. The molecule has 2 N–H and O–H groups in total. The number of thioether (sulfide) groups is 1. The third-order valence-corrected chi connectivity index (χ3v) is 8.05. The van der Waals surface area contributed by atoms with Crippen molar-refractivity contribution in [3.8, 4) is 17.2 Å². The lowest BCUT2D eigenvalue weighted by Crippen LogP contribution is -2.31. The molecule has 2 heterocycles. The van der Waals surface area contributed by atoms with Crippen molar-refractivity contribution in [1.29, 1.82) is 0 Å². The second-order valence-electron chi connectivity index (χ2n) is 10.4. The minimum absolute atomic E-state index is 0.270. The molecule has 9 nitrogen and oxygen atoms in total. The minimum Gasteiger partial charge on any atom is -0.492 e. The molecule has 1 aliphatic heterocycles. The SMILES string of the molecule is CCCSc1nc2n(n1)C(c1ccc(OCc3cccc(C)c3)c(OCC)c1)C(C(=O)Nc1ccccc1OCC)=C(C)N2. The molecular weight excluding hydrogens is 574 g/mol. The van der Waals surface area contributed by atoms with Gasteiger partial charge in [0.2, 0.25) is 11.1 Å². The van der Waals surface area contributed by atoms with Crippen LogP contribution in [0, 0.1) is 6.92 Å². The van der Waals surface area contributed by atoms with Gasteiger partial charge >= 0.3 is 0 Å². The molecule has 0 bridgehead atoms. The van der Waals surface area contributed by atoms with Gasteiger partial charge in [-0.15, -0.1) is 5.10 Å². The number of benzene rings is 3. The molecule has 1 aliphatic rings. The van der Waals surface area contributed by atoms with E-state index in [-0.39, 0.29) is 5.91 Å². The number of para-hydroxylation sites is 2. The minimum atomic E-state index is -0.570. The summed E-state index contributed by atoms with van der Waals surface area (Å²) in [5, 5.41) is 11.9. The van der Waals surface area contributed by atoms with E-state index in [0.29, 0.717) is 65.1 Å². The number of allylic oxidation sites excluding steroid dienone is 1. The Hall–Kier alpha value is -4.44. The molecule has 1 aromatic heterocycles. The highest BCUT2D eigenvalue weighted by Gasteiger charge is 2.35. The van der Waals surface area contributed by atoms with Gasteiger partial charge in [-0.2, -0.15) is 4.98 Å². The Morgan fingerprint density at radius 2 is 1.73 bits per heavy atom.